The third kappa shape index (κ3) is 4.34. The minimum atomic E-state index is -0.442. The van der Waals surface area contributed by atoms with Crippen LogP contribution in [0.4, 0.5) is 0 Å². The van der Waals surface area contributed by atoms with Crippen molar-refractivity contribution in [2.24, 2.45) is 5.92 Å². The van der Waals surface area contributed by atoms with E-state index in [1.165, 1.54) is 6.08 Å². The number of amides is 1. The maximum Gasteiger partial charge on any atom is 0.246 e. The molecule has 1 aromatic rings. The second-order valence-electron chi connectivity index (χ2n) is 5.47. The predicted molar refractivity (Wildman–Crippen MR) is 83.0 cm³/mol. The minimum Gasteiger partial charge on any atom is -0.479 e. The van der Waals surface area contributed by atoms with Crippen molar-refractivity contribution in [3.63, 3.8) is 0 Å². The average Bonchev–Trinajstić information content (AvgIpc) is 2.54. The fraction of sp³-hybridized carbons (Fsp3) is 0.412. The largest absolute Gasteiger partial charge is 0.479 e. The summed E-state index contributed by atoms with van der Waals surface area (Å²) in [6.45, 7) is 3.09. The molecule has 0 aliphatic carbocycles. The highest BCUT2D eigenvalue weighted by atomic mass is 16.5. The number of ether oxygens (including phenoxy) is 1. The molecule has 2 atom stereocenters. The molecule has 5 nitrogen and oxygen atoms in total. The highest BCUT2D eigenvalue weighted by Gasteiger charge is 2.25. The molecule has 0 bridgehead atoms. The number of nitrogens with zero attached hydrogens (tertiary/aromatic N) is 2. The predicted octanol–water partition coefficient (Wildman–Crippen LogP) is 1.83. The standard InChI is InChI=1S/C17H20N2O3/c1-13-8-10-19(12-16(13)20)17(21)7-4-14-2-5-15(6-3-14)22-11-9-18/h2-7,13,16,20H,8,10-12H2,1H3/b7-4+. The van der Waals surface area contributed by atoms with Crippen molar-refractivity contribution in [2.45, 2.75) is 19.4 Å². The molecule has 2 unspecified atom stereocenters. The number of benzene rings is 1. The van der Waals surface area contributed by atoms with Crippen molar-refractivity contribution in [3.05, 3.63) is 35.9 Å². The van der Waals surface area contributed by atoms with Crippen LogP contribution < -0.4 is 4.74 Å². The van der Waals surface area contributed by atoms with Gasteiger partial charge in [0.15, 0.2) is 6.61 Å². The highest BCUT2D eigenvalue weighted by Crippen LogP contribution is 2.18. The van der Waals surface area contributed by atoms with E-state index in [2.05, 4.69) is 0 Å². The molecule has 1 saturated heterocycles. The molecule has 1 fully saturated rings. The van der Waals surface area contributed by atoms with E-state index in [1.807, 2.05) is 25.1 Å². The number of piperidine rings is 1. The molecule has 0 aromatic heterocycles. The molecule has 1 aromatic carbocycles. The maximum atomic E-state index is 12.1. The van der Waals surface area contributed by atoms with Crippen LogP contribution in [0, 0.1) is 17.2 Å². The second-order valence-corrected chi connectivity index (χ2v) is 5.47. The third-order valence-electron chi connectivity index (χ3n) is 3.83. The number of nitriles is 1. The normalized spacial score (nSPS) is 21.6. The summed E-state index contributed by atoms with van der Waals surface area (Å²) in [7, 11) is 0. The highest BCUT2D eigenvalue weighted by molar-refractivity contribution is 5.91. The van der Waals surface area contributed by atoms with E-state index in [0.29, 0.717) is 18.8 Å². The van der Waals surface area contributed by atoms with E-state index < -0.39 is 6.10 Å². The number of likely N-dealkylation sites (tertiary alicyclic amines) is 1. The Hall–Kier alpha value is -2.32. The van der Waals surface area contributed by atoms with Gasteiger partial charge in [0.05, 0.1) is 6.10 Å². The van der Waals surface area contributed by atoms with Crippen LogP contribution in [0.25, 0.3) is 6.08 Å². The van der Waals surface area contributed by atoms with Gasteiger partial charge in [0.1, 0.15) is 11.8 Å². The Morgan fingerprint density at radius 3 is 2.86 bits per heavy atom. The number of carbonyl (C=O) groups is 1. The number of aliphatic hydroxyl groups excluding tert-OH is 1. The van der Waals surface area contributed by atoms with Gasteiger partial charge in [0.25, 0.3) is 0 Å². The Labute approximate surface area is 130 Å². The van der Waals surface area contributed by atoms with Gasteiger partial charge in [-0.1, -0.05) is 19.1 Å². The molecular formula is C17H20N2O3. The monoisotopic (exact) mass is 300 g/mol. The summed E-state index contributed by atoms with van der Waals surface area (Å²) in [5, 5.41) is 18.3. The number of β-amino-alcohol motifs (C(OH)–C–C–N with tert-alkyl or cyclic N) is 1. The lowest BCUT2D eigenvalue weighted by atomic mass is 9.96. The molecule has 116 valence electrons. The fourth-order valence-corrected chi connectivity index (χ4v) is 2.31. The molecule has 1 amide bonds. The fourth-order valence-electron chi connectivity index (χ4n) is 2.31. The maximum absolute atomic E-state index is 12.1. The summed E-state index contributed by atoms with van der Waals surface area (Å²) in [6, 6.07) is 9.07. The van der Waals surface area contributed by atoms with Crippen molar-refractivity contribution in [1.29, 1.82) is 5.26 Å². The molecule has 2 rings (SSSR count). The minimum absolute atomic E-state index is 0.0172. The molecule has 0 radical (unpaired) electrons. The van der Waals surface area contributed by atoms with Crippen LogP contribution >= 0.6 is 0 Å². The van der Waals surface area contributed by atoms with Crippen LogP contribution in [-0.4, -0.2) is 41.7 Å². The smallest absolute Gasteiger partial charge is 0.246 e. The topological polar surface area (TPSA) is 73.6 Å². The van der Waals surface area contributed by atoms with Gasteiger partial charge >= 0.3 is 0 Å². The average molecular weight is 300 g/mol. The Kier molecular flexibility index (Phi) is 5.56. The van der Waals surface area contributed by atoms with Gasteiger partial charge in [-0.3, -0.25) is 4.79 Å². The number of hydrogen-bond acceptors (Lipinski definition) is 4. The molecule has 5 heteroatoms. The summed E-state index contributed by atoms with van der Waals surface area (Å²) in [6.07, 6.45) is 3.64. The SMILES string of the molecule is CC1CCN(C(=O)/C=C/c2ccc(OCC#N)cc2)CC1O. The molecular weight excluding hydrogens is 280 g/mol. The quantitative estimate of drug-likeness (QED) is 0.861. The first kappa shape index (κ1) is 16.1. The summed E-state index contributed by atoms with van der Waals surface area (Å²) < 4.78 is 5.16. The van der Waals surface area contributed by atoms with E-state index in [-0.39, 0.29) is 18.4 Å². The zero-order valence-electron chi connectivity index (χ0n) is 12.6. The molecule has 0 spiro atoms. The van der Waals surface area contributed by atoms with E-state index in [1.54, 1.807) is 23.1 Å². The Morgan fingerprint density at radius 1 is 1.50 bits per heavy atom. The van der Waals surface area contributed by atoms with E-state index in [4.69, 9.17) is 10.00 Å². The number of carbonyl (C=O) groups excluding carboxylic acids is 1. The first-order valence-corrected chi connectivity index (χ1v) is 7.35. The molecule has 1 heterocycles. The molecule has 22 heavy (non-hydrogen) atoms. The second kappa shape index (κ2) is 7.62. The van der Waals surface area contributed by atoms with E-state index in [9.17, 15) is 9.90 Å². The first-order chi connectivity index (χ1) is 10.6. The lowest BCUT2D eigenvalue weighted by molar-refractivity contribution is -0.130. The van der Waals surface area contributed by atoms with E-state index >= 15 is 0 Å². The van der Waals surface area contributed by atoms with Crippen LogP contribution in [-0.2, 0) is 4.79 Å². The number of rotatable bonds is 4. The van der Waals surface area contributed by atoms with Crippen molar-refractivity contribution in [1.82, 2.24) is 4.90 Å². The van der Waals surface area contributed by atoms with E-state index in [0.717, 1.165) is 12.0 Å². The zero-order chi connectivity index (χ0) is 15.9. The lowest BCUT2D eigenvalue weighted by Gasteiger charge is -2.33. The van der Waals surface area contributed by atoms with Crippen molar-refractivity contribution in [2.75, 3.05) is 19.7 Å². The molecule has 1 aliphatic rings. The van der Waals surface area contributed by atoms with Gasteiger partial charge in [-0.2, -0.15) is 5.26 Å². The van der Waals surface area contributed by atoms with Gasteiger partial charge in [0.2, 0.25) is 5.91 Å². The Bertz CT molecular complexity index is 575. The first-order valence-electron chi connectivity index (χ1n) is 7.35. The van der Waals surface area contributed by atoms with Crippen LogP contribution in [0.15, 0.2) is 30.3 Å². The summed E-state index contributed by atoms with van der Waals surface area (Å²) in [5.74, 6) is 0.780. The lowest BCUT2D eigenvalue weighted by Crippen LogP contribution is -2.45. The van der Waals surface area contributed by atoms with Crippen LogP contribution in [0.1, 0.15) is 18.9 Å². The summed E-state index contributed by atoms with van der Waals surface area (Å²) in [4.78, 5) is 13.8. The number of aliphatic hydroxyl groups is 1. The summed E-state index contributed by atoms with van der Waals surface area (Å²) in [5.41, 5.74) is 0.878. The van der Waals surface area contributed by atoms with Crippen LogP contribution in [0.2, 0.25) is 0 Å². The number of hydrogen-bond donors (Lipinski definition) is 1. The molecule has 0 saturated carbocycles. The molecule has 1 N–H and O–H groups in total. The van der Waals surface area contributed by atoms with Gasteiger partial charge in [0, 0.05) is 19.2 Å². The van der Waals surface area contributed by atoms with Crippen LogP contribution in [0.3, 0.4) is 0 Å². The third-order valence-corrected chi connectivity index (χ3v) is 3.83. The Balaban J connectivity index is 1.91. The Morgan fingerprint density at radius 2 is 2.23 bits per heavy atom. The van der Waals surface area contributed by atoms with Gasteiger partial charge in [-0.25, -0.2) is 0 Å². The zero-order valence-corrected chi connectivity index (χ0v) is 12.6. The van der Waals surface area contributed by atoms with Crippen molar-refractivity contribution >= 4 is 12.0 Å². The van der Waals surface area contributed by atoms with Gasteiger partial charge in [-0.15, -0.1) is 0 Å². The van der Waals surface area contributed by atoms with Crippen molar-refractivity contribution in [3.8, 4) is 11.8 Å². The summed E-state index contributed by atoms with van der Waals surface area (Å²) >= 11 is 0. The van der Waals surface area contributed by atoms with Crippen molar-refractivity contribution < 1.29 is 14.6 Å². The van der Waals surface area contributed by atoms with Crippen LogP contribution in [0.5, 0.6) is 5.75 Å². The molecule has 1 aliphatic heterocycles. The van der Waals surface area contributed by atoms with Gasteiger partial charge < -0.3 is 14.7 Å². The van der Waals surface area contributed by atoms with Gasteiger partial charge in [-0.05, 0) is 36.1 Å².